The number of anilines is 1. The Morgan fingerprint density at radius 1 is 1.28 bits per heavy atom. The molecule has 0 spiro atoms. The Hall–Kier alpha value is -2.34. The third-order valence-corrected chi connectivity index (χ3v) is 5.10. The fraction of sp³-hybridized carbons (Fsp3) is 0.368. The standard InChI is InChI=1S/C19H22N2O3S/c1-2-24-16-9-7-15(8-10-16)20-18(22)14-5-3-11-21(13-14)19(23)17-6-4-12-25-17/h4,6-10,12,14H,2-3,5,11,13H2,1H3,(H,20,22)/t14-/m0/s1. The Bertz CT molecular complexity index is 713. The molecule has 5 nitrogen and oxygen atoms in total. The number of amides is 2. The van der Waals surface area contributed by atoms with Crippen LogP contribution in [0.1, 0.15) is 29.4 Å². The van der Waals surface area contributed by atoms with Crippen molar-refractivity contribution in [2.45, 2.75) is 19.8 Å². The van der Waals surface area contributed by atoms with E-state index < -0.39 is 0 Å². The summed E-state index contributed by atoms with van der Waals surface area (Å²) in [5.74, 6) is 0.594. The molecule has 1 aromatic carbocycles. The van der Waals surface area contributed by atoms with Gasteiger partial charge in [0.1, 0.15) is 5.75 Å². The molecule has 132 valence electrons. The van der Waals surface area contributed by atoms with Gasteiger partial charge in [0.2, 0.25) is 5.91 Å². The first kappa shape index (κ1) is 17.5. The van der Waals surface area contributed by atoms with Crippen LogP contribution in [0.2, 0.25) is 0 Å². The summed E-state index contributed by atoms with van der Waals surface area (Å²) in [6.07, 6.45) is 1.65. The number of benzene rings is 1. The highest BCUT2D eigenvalue weighted by Gasteiger charge is 2.29. The zero-order chi connectivity index (χ0) is 17.6. The van der Waals surface area contributed by atoms with Crippen LogP contribution in [0, 0.1) is 5.92 Å². The largest absolute Gasteiger partial charge is 0.494 e. The van der Waals surface area contributed by atoms with Gasteiger partial charge in [-0.3, -0.25) is 9.59 Å². The summed E-state index contributed by atoms with van der Waals surface area (Å²) in [6.45, 7) is 3.73. The van der Waals surface area contributed by atoms with E-state index in [0.29, 0.717) is 19.7 Å². The van der Waals surface area contributed by atoms with Gasteiger partial charge in [-0.15, -0.1) is 11.3 Å². The molecule has 2 aromatic rings. The lowest BCUT2D eigenvalue weighted by molar-refractivity contribution is -0.121. The van der Waals surface area contributed by atoms with Gasteiger partial charge in [0.25, 0.3) is 5.91 Å². The normalized spacial score (nSPS) is 17.2. The fourth-order valence-electron chi connectivity index (χ4n) is 2.98. The van der Waals surface area contributed by atoms with Crippen molar-refractivity contribution in [3.05, 3.63) is 46.7 Å². The molecule has 1 aliphatic heterocycles. The molecule has 2 heterocycles. The molecular formula is C19H22N2O3S. The number of piperidine rings is 1. The van der Waals surface area contributed by atoms with E-state index in [0.717, 1.165) is 29.2 Å². The van der Waals surface area contributed by atoms with Crippen molar-refractivity contribution in [1.82, 2.24) is 4.90 Å². The number of nitrogens with one attached hydrogen (secondary N) is 1. The predicted molar refractivity (Wildman–Crippen MR) is 99.2 cm³/mol. The van der Waals surface area contributed by atoms with Crippen LogP contribution in [0.15, 0.2) is 41.8 Å². The Kier molecular flexibility index (Phi) is 5.71. The third-order valence-electron chi connectivity index (χ3n) is 4.24. The molecule has 3 rings (SSSR count). The van der Waals surface area contributed by atoms with Gasteiger partial charge in [-0.2, -0.15) is 0 Å². The minimum Gasteiger partial charge on any atom is -0.494 e. The summed E-state index contributed by atoms with van der Waals surface area (Å²) in [5, 5.41) is 4.84. The molecule has 0 aliphatic carbocycles. The molecule has 1 N–H and O–H groups in total. The lowest BCUT2D eigenvalue weighted by Crippen LogP contribution is -2.43. The first-order chi connectivity index (χ1) is 12.2. The molecular weight excluding hydrogens is 336 g/mol. The van der Waals surface area contributed by atoms with E-state index in [4.69, 9.17) is 4.74 Å². The van der Waals surface area contributed by atoms with Crippen LogP contribution in [0.25, 0.3) is 0 Å². The average Bonchev–Trinajstić information content (AvgIpc) is 3.18. The highest BCUT2D eigenvalue weighted by Crippen LogP contribution is 2.22. The predicted octanol–water partition coefficient (Wildman–Crippen LogP) is 3.64. The van der Waals surface area contributed by atoms with Crippen molar-refractivity contribution in [3.63, 3.8) is 0 Å². The van der Waals surface area contributed by atoms with Crippen molar-refractivity contribution in [2.75, 3.05) is 25.0 Å². The number of nitrogens with zero attached hydrogens (tertiary/aromatic N) is 1. The molecule has 6 heteroatoms. The lowest BCUT2D eigenvalue weighted by Gasteiger charge is -2.31. The molecule has 1 atom stereocenters. The number of thiophene rings is 1. The first-order valence-corrected chi connectivity index (χ1v) is 9.42. The number of likely N-dealkylation sites (tertiary alicyclic amines) is 1. The van der Waals surface area contributed by atoms with E-state index in [2.05, 4.69) is 5.32 Å². The van der Waals surface area contributed by atoms with Gasteiger partial charge < -0.3 is 15.0 Å². The number of hydrogen-bond donors (Lipinski definition) is 1. The third kappa shape index (κ3) is 4.39. The van der Waals surface area contributed by atoms with Gasteiger partial charge in [0.05, 0.1) is 17.4 Å². The van der Waals surface area contributed by atoms with Crippen molar-refractivity contribution in [1.29, 1.82) is 0 Å². The molecule has 25 heavy (non-hydrogen) atoms. The van der Waals surface area contributed by atoms with E-state index in [1.165, 1.54) is 11.3 Å². The van der Waals surface area contributed by atoms with Crippen LogP contribution in [-0.2, 0) is 4.79 Å². The molecule has 1 aromatic heterocycles. The van der Waals surface area contributed by atoms with E-state index in [9.17, 15) is 9.59 Å². The number of carbonyl (C=O) groups excluding carboxylic acids is 2. The summed E-state index contributed by atoms with van der Waals surface area (Å²) in [5.41, 5.74) is 0.746. The number of carbonyl (C=O) groups is 2. The molecule has 1 aliphatic rings. The van der Waals surface area contributed by atoms with E-state index in [1.807, 2.05) is 48.7 Å². The van der Waals surface area contributed by atoms with Gasteiger partial charge in [-0.1, -0.05) is 6.07 Å². The highest BCUT2D eigenvalue weighted by molar-refractivity contribution is 7.12. The van der Waals surface area contributed by atoms with E-state index in [-0.39, 0.29) is 17.7 Å². The van der Waals surface area contributed by atoms with Crippen LogP contribution in [-0.4, -0.2) is 36.4 Å². The molecule has 1 saturated heterocycles. The van der Waals surface area contributed by atoms with E-state index >= 15 is 0 Å². The number of rotatable bonds is 5. The Labute approximate surface area is 151 Å². The van der Waals surface area contributed by atoms with Crippen LogP contribution in [0.5, 0.6) is 5.75 Å². The van der Waals surface area contributed by atoms with Crippen LogP contribution < -0.4 is 10.1 Å². The second kappa shape index (κ2) is 8.16. The minimum atomic E-state index is -0.177. The lowest BCUT2D eigenvalue weighted by atomic mass is 9.97. The minimum absolute atomic E-state index is 0.0218. The summed E-state index contributed by atoms with van der Waals surface area (Å²) in [6, 6.07) is 11.0. The van der Waals surface area contributed by atoms with Crippen molar-refractivity contribution < 1.29 is 14.3 Å². The second-order valence-corrected chi connectivity index (χ2v) is 6.96. The first-order valence-electron chi connectivity index (χ1n) is 8.54. The van der Waals surface area contributed by atoms with Gasteiger partial charge in [-0.25, -0.2) is 0 Å². The smallest absolute Gasteiger partial charge is 0.263 e. The quantitative estimate of drug-likeness (QED) is 0.888. The topological polar surface area (TPSA) is 58.6 Å². The van der Waals surface area contributed by atoms with Crippen molar-refractivity contribution >= 4 is 28.8 Å². The summed E-state index contributed by atoms with van der Waals surface area (Å²) >= 11 is 1.44. The SMILES string of the molecule is CCOc1ccc(NC(=O)[C@H]2CCCN(C(=O)c3cccs3)C2)cc1. The summed E-state index contributed by atoms with van der Waals surface area (Å²) in [7, 11) is 0. The van der Waals surface area contributed by atoms with Gasteiger partial charge in [-0.05, 0) is 55.5 Å². The maximum atomic E-state index is 12.6. The van der Waals surface area contributed by atoms with Crippen molar-refractivity contribution in [3.8, 4) is 5.75 Å². The van der Waals surface area contributed by atoms with Crippen LogP contribution in [0.4, 0.5) is 5.69 Å². The summed E-state index contributed by atoms with van der Waals surface area (Å²) in [4.78, 5) is 27.6. The molecule has 2 amide bonds. The molecule has 1 fully saturated rings. The second-order valence-electron chi connectivity index (χ2n) is 6.01. The Balaban J connectivity index is 1.59. The number of hydrogen-bond acceptors (Lipinski definition) is 4. The monoisotopic (exact) mass is 358 g/mol. The molecule has 0 bridgehead atoms. The van der Waals surface area contributed by atoms with Gasteiger partial charge >= 0.3 is 0 Å². The molecule has 0 saturated carbocycles. The van der Waals surface area contributed by atoms with Crippen molar-refractivity contribution in [2.24, 2.45) is 5.92 Å². The fourth-order valence-corrected chi connectivity index (χ4v) is 3.67. The van der Waals surface area contributed by atoms with Gasteiger partial charge in [0.15, 0.2) is 0 Å². The zero-order valence-electron chi connectivity index (χ0n) is 14.2. The van der Waals surface area contributed by atoms with Crippen LogP contribution >= 0.6 is 11.3 Å². The summed E-state index contributed by atoms with van der Waals surface area (Å²) < 4.78 is 5.40. The average molecular weight is 358 g/mol. The Morgan fingerprint density at radius 2 is 2.08 bits per heavy atom. The maximum absolute atomic E-state index is 12.6. The Morgan fingerprint density at radius 3 is 2.76 bits per heavy atom. The maximum Gasteiger partial charge on any atom is 0.263 e. The van der Waals surface area contributed by atoms with Crippen LogP contribution in [0.3, 0.4) is 0 Å². The van der Waals surface area contributed by atoms with Gasteiger partial charge in [0, 0.05) is 18.8 Å². The number of ether oxygens (including phenoxy) is 1. The molecule has 0 unspecified atom stereocenters. The zero-order valence-corrected chi connectivity index (χ0v) is 15.1. The van der Waals surface area contributed by atoms with E-state index in [1.54, 1.807) is 4.90 Å². The molecule has 0 radical (unpaired) electrons. The highest BCUT2D eigenvalue weighted by atomic mass is 32.1.